The van der Waals surface area contributed by atoms with E-state index in [0.29, 0.717) is 51.4 Å². The van der Waals surface area contributed by atoms with Crippen molar-refractivity contribution < 1.29 is 93.4 Å². The summed E-state index contributed by atoms with van der Waals surface area (Å²) in [5, 5.41) is 5.64. The van der Waals surface area contributed by atoms with Gasteiger partial charge in [-0.05, 0) is 131 Å². The lowest BCUT2D eigenvalue weighted by Crippen LogP contribution is -2.68. The number of hydrogen-bond acceptors (Lipinski definition) is 14. The number of fused-ring (bicyclic) bond motifs is 4. The zero-order valence-corrected chi connectivity index (χ0v) is 65.6. The lowest BCUT2D eigenvalue weighted by molar-refractivity contribution is -0.166. The molecule has 110 heavy (non-hydrogen) atoms. The smallest absolute Gasteiger partial charge is 0.419 e. The number of hydrogen-bond donors (Lipinski definition) is 2. The largest absolute Gasteiger partial charge is 0.496 e. The summed E-state index contributed by atoms with van der Waals surface area (Å²) in [5.41, 5.74) is -3.31. The molecule has 2 bridgehead atoms. The van der Waals surface area contributed by atoms with E-state index in [4.69, 9.17) is 9.47 Å². The van der Waals surface area contributed by atoms with E-state index in [1.54, 1.807) is 32.9 Å². The summed E-state index contributed by atoms with van der Waals surface area (Å²) in [5.74, 6) is -10.5. The minimum absolute atomic E-state index is 0.0596. The van der Waals surface area contributed by atoms with Gasteiger partial charge in [0.25, 0.3) is 0 Å². The van der Waals surface area contributed by atoms with Crippen LogP contribution in [0.25, 0.3) is 0 Å². The zero-order valence-electron chi connectivity index (χ0n) is 65.6. The Morgan fingerprint density at radius 1 is 0.655 bits per heavy atom. The fourth-order valence-electron chi connectivity index (χ4n) is 16.4. The van der Waals surface area contributed by atoms with Crippen LogP contribution in [0.15, 0.2) is 54.6 Å². The van der Waals surface area contributed by atoms with Gasteiger partial charge in [-0.25, -0.2) is 0 Å². The third-order valence-electron chi connectivity index (χ3n) is 23.4. The maximum absolute atomic E-state index is 15.8. The first-order valence-corrected chi connectivity index (χ1v) is 38.4. The molecule has 10 unspecified atom stereocenters. The number of likely N-dealkylation sites (N-methyl/N-ethyl adjacent to an activating group) is 7. The fourth-order valence-corrected chi connectivity index (χ4v) is 16.4. The van der Waals surface area contributed by atoms with Gasteiger partial charge in [0.05, 0.1) is 37.3 Å². The molecule has 0 radical (unpaired) electrons. The molecule has 26 nitrogen and oxygen atoms in total. The first kappa shape index (κ1) is 86.7. The molecule has 6 aliphatic rings. The Hall–Kier alpha value is -8.84. The highest BCUT2D eigenvalue weighted by Gasteiger charge is 2.57. The lowest BCUT2D eigenvalue weighted by atomic mass is 9.73. The number of benzene rings is 2. The Labute approximate surface area is 640 Å². The van der Waals surface area contributed by atoms with Crippen molar-refractivity contribution in [2.75, 3.05) is 96.3 Å². The Bertz CT molecular complexity index is 3720. The Kier molecular flexibility index (Phi) is 29.2. The molecule has 608 valence electrons. The lowest BCUT2D eigenvalue weighted by Gasteiger charge is -2.51. The Morgan fingerprint density at radius 3 is 1.91 bits per heavy atom. The number of carbonyl (C=O) groups is 12. The number of halogens is 6. The van der Waals surface area contributed by atoms with Crippen LogP contribution >= 0.6 is 0 Å². The number of nitrogens with zero attached hydrogens (tertiary/aromatic N) is 10. The average molecular weight is 1550 g/mol. The molecule has 3 saturated heterocycles. The van der Waals surface area contributed by atoms with Gasteiger partial charge in [-0.1, -0.05) is 76.8 Å². The maximum atomic E-state index is 15.8. The van der Waals surface area contributed by atoms with Gasteiger partial charge in [0.2, 0.25) is 70.9 Å². The molecule has 2 aromatic rings. The quantitative estimate of drug-likeness (QED) is 0.160. The molecule has 0 aromatic heterocycles. The highest BCUT2D eigenvalue weighted by atomic mass is 19.4. The molecule has 32 heteroatoms. The van der Waals surface area contributed by atoms with Crippen LogP contribution in [0.2, 0.25) is 0 Å². The minimum Gasteiger partial charge on any atom is -0.496 e. The molecule has 1 spiro atoms. The summed E-state index contributed by atoms with van der Waals surface area (Å²) < 4.78 is 96.0. The van der Waals surface area contributed by atoms with E-state index in [-0.39, 0.29) is 95.2 Å². The normalized spacial score (nSPS) is 26.7. The number of nitrogens with one attached hydrogen (secondary N) is 2. The Balaban J connectivity index is 1.24. The van der Waals surface area contributed by atoms with Crippen molar-refractivity contribution in [2.45, 2.75) is 228 Å². The first-order chi connectivity index (χ1) is 51.9. The van der Waals surface area contributed by atoms with Crippen LogP contribution in [0, 0.1) is 11.8 Å². The molecular formula is C78H110F6N12O14. The number of ether oxygens (including phenoxy) is 2. The van der Waals surface area contributed by atoms with E-state index in [1.807, 2.05) is 6.92 Å². The molecule has 2 N–H and O–H groups in total. The summed E-state index contributed by atoms with van der Waals surface area (Å²) in [4.78, 5) is 196. The van der Waals surface area contributed by atoms with Crippen LogP contribution in [-0.2, 0) is 87.5 Å². The third kappa shape index (κ3) is 19.4. The van der Waals surface area contributed by atoms with Crippen molar-refractivity contribution in [1.29, 1.82) is 0 Å². The standard InChI is InChI=1S/C78H110F6N12O14/c1-14-24-55-66(99)86-64(47(4)15-2)73(106)94-40-22-28-57(94)70(103)90(9)56-27-18-17-21-39-95(72(56)105)59(41-48-29-33-51(34-30-48)77(79,80)81)69(102)88(7)46-62(97)85-54(36-32-49-31-35-53(78(82,83)84)61(42-49)109-13)67(100)96-45-52(110-16-3)43-60(96)71(104)93(12)76(37-23-38-76)75(108)92(11)65(50-25-19-20-26-50)74(107)91(10)58(68(101)87(5)6)44-63(98)89(55)8/h17-18,29-31,33-35,42,47,50,52,54-60,64-65H,14-16,19-28,32,36-41,43-46H2,1-13H3,(H,85,97)(H,86,99)/t47-,52?,54?,55?,56?,57?,58?,59?,60?,64?,65?/m0/s1. The van der Waals surface area contributed by atoms with E-state index in [2.05, 4.69) is 10.6 Å². The molecule has 8 rings (SSSR count). The van der Waals surface area contributed by atoms with Crippen molar-refractivity contribution in [2.24, 2.45) is 11.8 Å². The predicted molar refractivity (Wildman–Crippen MR) is 392 cm³/mol. The van der Waals surface area contributed by atoms with E-state index in [1.165, 1.54) is 102 Å². The number of alkyl halides is 6. The highest BCUT2D eigenvalue weighted by Crippen LogP contribution is 2.43. The molecule has 2 aromatic carbocycles. The zero-order chi connectivity index (χ0) is 81.2. The summed E-state index contributed by atoms with van der Waals surface area (Å²) in [6.07, 6.45) is -4.31. The minimum atomic E-state index is -4.82. The predicted octanol–water partition coefficient (Wildman–Crippen LogP) is 6.10. The molecule has 4 heterocycles. The molecule has 12 amide bonds. The number of amides is 12. The van der Waals surface area contributed by atoms with Gasteiger partial charge in [-0.2, -0.15) is 26.3 Å². The van der Waals surface area contributed by atoms with E-state index in [9.17, 15) is 45.5 Å². The Morgan fingerprint density at radius 2 is 1.32 bits per heavy atom. The van der Waals surface area contributed by atoms with Crippen LogP contribution in [-0.4, -0.2) is 282 Å². The van der Waals surface area contributed by atoms with Crippen molar-refractivity contribution >= 4 is 70.9 Å². The van der Waals surface area contributed by atoms with Crippen molar-refractivity contribution in [3.05, 3.63) is 76.9 Å². The molecule has 2 saturated carbocycles. The third-order valence-corrected chi connectivity index (χ3v) is 23.4. The average Bonchev–Trinajstić information content (AvgIpc) is 1.07. The number of carbonyl (C=O) groups excluding carboxylic acids is 12. The van der Waals surface area contributed by atoms with Gasteiger partial charge >= 0.3 is 12.4 Å². The van der Waals surface area contributed by atoms with Gasteiger partial charge in [0.1, 0.15) is 65.7 Å². The highest BCUT2D eigenvalue weighted by molar-refractivity contribution is 6.01. The van der Waals surface area contributed by atoms with Gasteiger partial charge in [0.15, 0.2) is 0 Å². The summed E-state index contributed by atoms with van der Waals surface area (Å²) in [6.45, 7) is 5.96. The number of rotatable bonds is 14. The summed E-state index contributed by atoms with van der Waals surface area (Å²) in [7, 11) is 12.2. The van der Waals surface area contributed by atoms with Crippen molar-refractivity contribution in [1.82, 2.24) is 59.6 Å². The number of methoxy groups -OCH3 is 1. The van der Waals surface area contributed by atoms with Crippen LogP contribution in [0.3, 0.4) is 0 Å². The van der Waals surface area contributed by atoms with Crippen LogP contribution in [0.4, 0.5) is 26.3 Å². The van der Waals surface area contributed by atoms with Gasteiger partial charge in [-0.15, -0.1) is 0 Å². The van der Waals surface area contributed by atoms with Crippen LogP contribution < -0.4 is 15.4 Å². The monoisotopic (exact) mass is 1550 g/mol. The fraction of sp³-hybridized carbons (Fsp3) is 0.667. The molecular weight excluding hydrogens is 1440 g/mol. The van der Waals surface area contributed by atoms with Crippen LogP contribution in [0.5, 0.6) is 5.75 Å². The van der Waals surface area contributed by atoms with Crippen molar-refractivity contribution in [3.63, 3.8) is 0 Å². The van der Waals surface area contributed by atoms with Crippen LogP contribution in [0.1, 0.15) is 159 Å². The summed E-state index contributed by atoms with van der Waals surface area (Å²) in [6, 6.07) is -5.35. The number of aryl methyl sites for hydroxylation is 1. The van der Waals surface area contributed by atoms with Crippen molar-refractivity contribution in [3.8, 4) is 5.75 Å². The summed E-state index contributed by atoms with van der Waals surface area (Å²) >= 11 is 0. The molecule has 4 aliphatic heterocycles. The molecule has 2 aliphatic carbocycles. The van der Waals surface area contributed by atoms with Gasteiger partial charge in [0, 0.05) is 95.5 Å². The van der Waals surface area contributed by atoms with Gasteiger partial charge < -0.3 is 69.1 Å². The SMILES string of the molecule is CCCC1C(=O)NC([C@@H](C)CC)C(=O)N2CCCC2C(=O)N(C)C2CC=CCCN(C2=O)C(Cc2ccc(C(F)(F)F)cc2)C(=O)N(C)CC(=O)NC(CCc2ccc(C(F)(F)F)c(OC)c2)C(=O)N2CC(OCC)CC2C(=O)N(C)C2(CCC2)C(=O)N(C)C(C2CCCC2)C(=O)N(C)C(C(=O)N(C)C)CC(=O)N1C. The van der Waals surface area contributed by atoms with Gasteiger partial charge in [-0.3, -0.25) is 57.5 Å². The van der Waals surface area contributed by atoms with E-state index < -0.39 is 197 Å². The second-order valence-corrected chi connectivity index (χ2v) is 30.6. The topological polar surface area (TPSA) is 280 Å². The van der Waals surface area contributed by atoms with E-state index in [0.717, 1.165) is 53.3 Å². The molecule has 11 atom stereocenters. The molecule has 5 fully saturated rings. The second kappa shape index (κ2) is 37.0. The maximum Gasteiger partial charge on any atom is 0.419 e. The first-order valence-electron chi connectivity index (χ1n) is 38.4. The van der Waals surface area contributed by atoms with E-state index >= 15 is 38.4 Å². The second-order valence-electron chi connectivity index (χ2n) is 30.6.